The lowest BCUT2D eigenvalue weighted by atomic mass is 10.0. The third-order valence-electron chi connectivity index (χ3n) is 6.37. The molecule has 0 aliphatic heterocycles. The SMILES string of the molecule is CCCCCCCCCCCCCCCCOc1ccc(N=Nc2ccc(N)cc2)c(C)c1N. The Hall–Kier alpha value is -2.56. The van der Waals surface area contributed by atoms with Gasteiger partial charge in [-0.1, -0.05) is 90.4 Å². The van der Waals surface area contributed by atoms with Crippen LogP contribution in [0.5, 0.6) is 5.75 Å². The number of hydrogen-bond donors (Lipinski definition) is 2. The maximum atomic E-state index is 6.29. The number of ether oxygens (including phenoxy) is 1. The summed E-state index contributed by atoms with van der Waals surface area (Å²) in [5.41, 5.74) is 15.7. The van der Waals surface area contributed by atoms with Crippen molar-refractivity contribution in [3.63, 3.8) is 0 Å². The third kappa shape index (κ3) is 11.0. The Balaban J connectivity index is 1.55. The smallest absolute Gasteiger partial charge is 0.142 e. The van der Waals surface area contributed by atoms with Gasteiger partial charge in [0, 0.05) is 11.3 Å². The van der Waals surface area contributed by atoms with E-state index in [9.17, 15) is 0 Å². The van der Waals surface area contributed by atoms with Gasteiger partial charge in [0.2, 0.25) is 0 Å². The fraction of sp³-hybridized carbons (Fsp3) is 0.586. The van der Waals surface area contributed by atoms with Gasteiger partial charge in [0.15, 0.2) is 0 Å². The number of nitrogens with zero attached hydrogens (tertiary/aromatic N) is 2. The number of unbranched alkanes of at least 4 members (excludes halogenated alkanes) is 13. The number of rotatable bonds is 18. The van der Waals surface area contributed by atoms with E-state index in [1.807, 2.05) is 43.3 Å². The molecule has 5 nitrogen and oxygen atoms in total. The maximum absolute atomic E-state index is 6.29. The molecule has 0 saturated carbocycles. The van der Waals surface area contributed by atoms with Gasteiger partial charge in [-0.25, -0.2) is 0 Å². The van der Waals surface area contributed by atoms with E-state index < -0.39 is 0 Å². The summed E-state index contributed by atoms with van der Waals surface area (Å²) in [4.78, 5) is 0. The topological polar surface area (TPSA) is 86.0 Å². The predicted molar refractivity (Wildman–Crippen MR) is 146 cm³/mol. The van der Waals surface area contributed by atoms with Crippen molar-refractivity contribution in [2.75, 3.05) is 18.1 Å². The Labute approximate surface area is 207 Å². The Morgan fingerprint density at radius 1 is 0.647 bits per heavy atom. The van der Waals surface area contributed by atoms with Gasteiger partial charge >= 0.3 is 0 Å². The fourth-order valence-corrected chi connectivity index (χ4v) is 4.06. The van der Waals surface area contributed by atoms with Gasteiger partial charge in [0.05, 0.1) is 23.7 Å². The third-order valence-corrected chi connectivity index (χ3v) is 6.37. The molecule has 0 fully saturated rings. The molecule has 0 spiro atoms. The minimum Gasteiger partial charge on any atom is -0.491 e. The molecule has 5 heteroatoms. The molecule has 0 bridgehead atoms. The molecular formula is C29H46N4O. The molecule has 0 atom stereocenters. The standard InChI is InChI=1S/C29H46N4O/c1-3-4-5-6-7-8-9-10-11-12-13-14-15-16-23-34-28-22-21-27(24(2)29(28)31)33-32-26-19-17-25(30)18-20-26/h17-22H,3-16,23,30-31H2,1-2H3. The zero-order valence-electron chi connectivity index (χ0n) is 21.5. The number of benzene rings is 2. The summed E-state index contributed by atoms with van der Waals surface area (Å²) >= 11 is 0. The zero-order chi connectivity index (χ0) is 24.4. The fourth-order valence-electron chi connectivity index (χ4n) is 4.06. The summed E-state index contributed by atoms with van der Waals surface area (Å²) in [6.45, 7) is 4.93. The van der Waals surface area contributed by atoms with Crippen LogP contribution in [0.3, 0.4) is 0 Å². The molecular weight excluding hydrogens is 420 g/mol. The van der Waals surface area contributed by atoms with Crippen LogP contribution in [0.1, 0.15) is 102 Å². The second kappa shape index (κ2) is 17.0. The first-order valence-electron chi connectivity index (χ1n) is 13.4. The van der Waals surface area contributed by atoms with Gasteiger partial charge < -0.3 is 16.2 Å². The Kier molecular flexibility index (Phi) is 13.8. The second-order valence-electron chi connectivity index (χ2n) is 9.36. The van der Waals surface area contributed by atoms with Crippen molar-refractivity contribution in [3.8, 4) is 5.75 Å². The van der Waals surface area contributed by atoms with Crippen molar-refractivity contribution >= 4 is 22.7 Å². The van der Waals surface area contributed by atoms with Gasteiger partial charge in [-0.15, -0.1) is 0 Å². The summed E-state index contributed by atoms with van der Waals surface area (Å²) < 4.78 is 5.94. The van der Waals surface area contributed by atoms with E-state index in [1.54, 1.807) is 0 Å². The number of azo groups is 1. The van der Waals surface area contributed by atoms with E-state index in [2.05, 4.69) is 17.2 Å². The maximum Gasteiger partial charge on any atom is 0.142 e. The van der Waals surface area contributed by atoms with Crippen molar-refractivity contribution in [1.29, 1.82) is 0 Å². The monoisotopic (exact) mass is 466 g/mol. The Bertz CT molecular complexity index is 833. The van der Waals surface area contributed by atoms with Crippen molar-refractivity contribution < 1.29 is 4.74 Å². The van der Waals surface area contributed by atoms with Crippen LogP contribution in [0.25, 0.3) is 0 Å². The second-order valence-corrected chi connectivity index (χ2v) is 9.36. The van der Waals surface area contributed by atoms with Crippen LogP contribution in [0.15, 0.2) is 46.6 Å². The molecule has 2 rings (SSSR count). The zero-order valence-corrected chi connectivity index (χ0v) is 21.5. The molecule has 2 aromatic rings. The molecule has 0 amide bonds. The number of hydrogen-bond acceptors (Lipinski definition) is 5. The Morgan fingerprint density at radius 3 is 1.74 bits per heavy atom. The molecule has 4 N–H and O–H groups in total. The summed E-state index contributed by atoms with van der Waals surface area (Å²) in [5, 5.41) is 8.60. The normalized spacial score (nSPS) is 11.4. The molecule has 34 heavy (non-hydrogen) atoms. The van der Waals surface area contributed by atoms with Crippen molar-refractivity contribution in [3.05, 3.63) is 42.0 Å². The largest absolute Gasteiger partial charge is 0.491 e. The van der Waals surface area contributed by atoms with Crippen molar-refractivity contribution in [1.82, 2.24) is 0 Å². The summed E-state index contributed by atoms with van der Waals surface area (Å²) in [7, 11) is 0. The van der Waals surface area contributed by atoms with E-state index in [1.165, 1.54) is 83.5 Å². The van der Waals surface area contributed by atoms with Gasteiger partial charge in [0.1, 0.15) is 5.75 Å². The lowest BCUT2D eigenvalue weighted by Crippen LogP contribution is -2.01. The number of anilines is 2. The van der Waals surface area contributed by atoms with Crippen LogP contribution in [0.4, 0.5) is 22.7 Å². The van der Waals surface area contributed by atoms with Gasteiger partial charge in [0.25, 0.3) is 0 Å². The predicted octanol–water partition coefficient (Wildman–Crippen LogP) is 9.43. The van der Waals surface area contributed by atoms with Gasteiger partial charge in [-0.2, -0.15) is 10.2 Å². The first-order valence-corrected chi connectivity index (χ1v) is 13.4. The highest BCUT2D eigenvalue weighted by molar-refractivity contribution is 5.67. The first-order chi connectivity index (χ1) is 16.6. The molecule has 0 saturated heterocycles. The quantitative estimate of drug-likeness (QED) is 0.130. The minimum atomic E-state index is 0.638. The van der Waals surface area contributed by atoms with Crippen LogP contribution < -0.4 is 16.2 Å². The van der Waals surface area contributed by atoms with Crippen LogP contribution in [-0.4, -0.2) is 6.61 Å². The van der Waals surface area contributed by atoms with Crippen molar-refractivity contribution in [2.24, 2.45) is 10.2 Å². The van der Waals surface area contributed by atoms with Crippen LogP contribution in [-0.2, 0) is 0 Å². The van der Waals surface area contributed by atoms with Gasteiger partial charge in [-0.05, 0) is 49.7 Å². The van der Waals surface area contributed by atoms with E-state index in [4.69, 9.17) is 16.2 Å². The molecule has 0 radical (unpaired) electrons. The van der Waals surface area contributed by atoms with E-state index >= 15 is 0 Å². The van der Waals surface area contributed by atoms with E-state index in [0.29, 0.717) is 18.0 Å². The first kappa shape index (κ1) is 27.7. The molecule has 0 aliphatic rings. The average Bonchev–Trinajstić information content (AvgIpc) is 2.84. The average molecular weight is 467 g/mol. The summed E-state index contributed by atoms with van der Waals surface area (Å²) in [6, 6.07) is 11.1. The highest BCUT2D eigenvalue weighted by atomic mass is 16.5. The molecule has 2 aromatic carbocycles. The van der Waals surface area contributed by atoms with Gasteiger partial charge in [-0.3, -0.25) is 0 Å². The highest BCUT2D eigenvalue weighted by Crippen LogP contribution is 2.33. The van der Waals surface area contributed by atoms with E-state index in [0.717, 1.165) is 29.1 Å². The number of nitrogen functional groups attached to an aromatic ring is 2. The molecule has 0 heterocycles. The van der Waals surface area contributed by atoms with Crippen LogP contribution in [0.2, 0.25) is 0 Å². The van der Waals surface area contributed by atoms with Crippen LogP contribution >= 0.6 is 0 Å². The van der Waals surface area contributed by atoms with Crippen molar-refractivity contribution in [2.45, 2.75) is 104 Å². The van der Waals surface area contributed by atoms with E-state index in [-0.39, 0.29) is 0 Å². The molecule has 0 aliphatic carbocycles. The summed E-state index contributed by atoms with van der Waals surface area (Å²) in [6.07, 6.45) is 19.0. The minimum absolute atomic E-state index is 0.638. The molecule has 188 valence electrons. The molecule has 0 aromatic heterocycles. The Morgan fingerprint density at radius 2 is 1.18 bits per heavy atom. The summed E-state index contributed by atoms with van der Waals surface area (Å²) in [5.74, 6) is 0.735. The lowest BCUT2D eigenvalue weighted by Gasteiger charge is -2.12. The van der Waals surface area contributed by atoms with Crippen LogP contribution in [0, 0.1) is 6.92 Å². The highest BCUT2D eigenvalue weighted by Gasteiger charge is 2.08. The molecule has 0 unspecified atom stereocenters. The lowest BCUT2D eigenvalue weighted by molar-refractivity contribution is 0.305. The number of nitrogens with two attached hydrogens (primary N) is 2.